The molecule has 0 unspecified atom stereocenters. The summed E-state index contributed by atoms with van der Waals surface area (Å²) in [6.07, 6.45) is 0.414. The minimum atomic E-state index is -3.08. The number of rotatable bonds is 5. The molecular weight excluding hydrogens is 446 g/mol. The Balaban J connectivity index is 1.64. The minimum absolute atomic E-state index is 0.00815. The SMILES string of the molecule is O=C(CSc1nc2ccccc2c(=O)n1-c1ccccc1Cl)N[C@@H]1CCS(=O)(=O)C1. The molecule has 0 aliphatic carbocycles. The van der Waals surface area contributed by atoms with E-state index in [-0.39, 0.29) is 34.8 Å². The zero-order valence-corrected chi connectivity index (χ0v) is 18.1. The number of para-hydroxylation sites is 2. The summed E-state index contributed by atoms with van der Waals surface area (Å²) in [5, 5.41) is 3.92. The average Bonchev–Trinajstić information content (AvgIpc) is 3.05. The number of carbonyl (C=O) groups is 1. The summed E-state index contributed by atoms with van der Waals surface area (Å²) in [5.41, 5.74) is 0.723. The van der Waals surface area contributed by atoms with Crippen molar-refractivity contribution in [1.29, 1.82) is 0 Å². The molecule has 10 heteroatoms. The smallest absolute Gasteiger partial charge is 0.266 e. The Morgan fingerprint density at radius 2 is 1.93 bits per heavy atom. The van der Waals surface area contributed by atoms with Crippen molar-refractivity contribution in [2.75, 3.05) is 17.3 Å². The molecule has 1 N–H and O–H groups in total. The van der Waals surface area contributed by atoms with Gasteiger partial charge in [0.2, 0.25) is 5.91 Å². The lowest BCUT2D eigenvalue weighted by Gasteiger charge is -2.15. The van der Waals surface area contributed by atoms with Crippen LogP contribution < -0.4 is 10.9 Å². The Kier molecular flexibility index (Phi) is 5.86. The first-order valence-electron chi connectivity index (χ1n) is 9.23. The van der Waals surface area contributed by atoms with Crippen molar-refractivity contribution in [3.8, 4) is 5.69 Å². The van der Waals surface area contributed by atoms with Gasteiger partial charge in [-0.15, -0.1) is 0 Å². The van der Waals surface area contributed by atoms with Gasteiger partial charge in [-0.3, -0.25) is 14.2 Å². The monoisotopic (exact) mass is 463 g/mol. The molecule has 1 atom stereocenters. The minimum Gasteiger partial charge on any atom is -0.352 e. The number of carbonyl (C=O) groups excluding carboxylic acids is 1. The van der Waals surface area contributed by atoms with Crippen LogP contribution in [-0.4, -0.2) is 47.2 Å². The van der Waals surface area contributed by atoms with Crippen LogP contribution in [0, 0.1) is 0 Å². The molecule has 2 aromatic carbocycles. The Bertz CT molecular complexity index is 1290. The third-order valence-electron chi connectivity index (χ3n) is 4.77. The topological polar surface area (TPSA) is 98.1 Å². The van der Waals surface area contributed by atoms with Gasteiger partial charge in [0.15, 0.2) is 15.0 Å². The number of hydrogen-bond acceptors (Lipinski definition) is 6. The number of sulfone groups is 1. The molecule has 156 valence electrons. The van der Waals surface area contributed by atoms with Gasteiger partial charge in [-0.05, 0) is 30.7 Å². The van der Waals surface area contributed by atoms with Gasteiger partial charge in [-0.1, -0.05) is 47.6 Å². The summed E-state index contributed by atoms with van der Waals surface area (Å²) in [6.45, 7) is 0. The molecule has 30 heavy (non-hydrogen) atoms. The van der Waals surface area contributed by atoms with Gasteiger partial charge < -0.3 is 5.32 Å². The molecule has 1 aromatic heterocycles. The van der Waals surface area contributed by atoms with E-state index in [4.69, 9.17) is 11.6 Å². The van der Waals surface area contributed by atoms with E-state index in [1.54, 1.807) is 48.5 Å². The van der Waals surface area contributed by atoms with Gasteiger partial charge in [0.25, 0.3) is 5.56 Å². The van der Waals surface area contributed by atoms with Crippen LogP contribution >= 0.6 is 23.4 Å². The summed E-state index contributed by atoms with van der Waals surface area (Å²) in [6, 6.07) is 13.5. The van der Waals surface area contributed by atoms with Crippen LogP contribution in [0.2, 0.25) is 5.02 Å². The van der Waals surface area contributed by atoms with E-state index in [1.807, 2.05) is 0 Å². The zero-order chi connectivity index (χ0) is 21.3. The Morgan fingerprint density at radius 3 is 2.67 bits per heavy atom. The molecule has 1 aliphatic heterocycles. The number of halogens is 1. The lowest BCUT2D eigenvalue weighted by atomic mass is 10.2. The summed E-state index contributed by atoms with van der Waals surface area (Å²) in [4.78, 5) is 30.1. The molecule has 0 spiro atoms. The number of hydrogen-bond donors (Lipinski definition) is 1. The quantitative estimate of drug-likeness (QED) is 0.461. The first-order valence-corrected chi connectivity index (χ1v) is 12.4. The third kappa shape index (κ3) is 4.38. The van der Waals surface area contributed by atoms with Crippen molar-refractivity contribution in [3.05, 3.63) is 63.9 Å². The fourth-order valence-corrected chi connectivity index (χ4v) is 6.07. The molecule has 2 heterocycles. The second kappa shape index (κ2) is 8.41. The van der Waals surface area contributed by atoms with E-state index >= 15 is 0 Å². The summed E-state index contributed by atoms with van der Waals surface area (Å²) < 4.78 is 24.6. The molecule has 1 saturated heterocycles. The molecule has 1 aliphatic rings. The molecule has 7 nitrogen and oxygen atoms in total. The maximum atomic E-state index is 13.2. The van der Waals surface area contributed by atoms with E-state index in [0.29, 0.717) is 33.2 Å². The van der Waals surface area contributed by atoms with Crippen molar-refractivity contribution in [3.63, 3.8) is 0 Å². The van der Waals surface area contributed by atoms with Crippen LogP contribution in [0.5, 0.6) is 0 Å². The second-order valence-corrected chi connectivity index (χ2v) is 10.5. The largest absolute Gasteiger partial charge is 0.352 e. The van der Waals surface area contributed by atoms with E-state index in [9.17, 15) is 18.0 Å². The molecule has 1 amide bonds. The summed E-state index contributed by atoms with van der Waals surface area (Å²) in [7, 11) is -3.08. The average molecular weight is 464 g/mol. The van der Waals surface area contributed by atoms with Crippen molar-refractivity contribution in [2.45, 2.75) is 17.6 Å². The van der Waals surface area contributed by atoms with Gasteiger partial charge >= 0.3 is 0 Å². The maximum absolute atomic E-state index is 13.2. The Hall–Kier alpha value is -2.36. The number of nitrogens with zero attached hydrogens (tertiary/aromatic N) is 2. The second-order valence-electron chi connectivity index (χ2n) is 6.96. The molecule has 0 radical (unpaired) electrons. The molecule has 4 rings (SSSR count). The van der Waals surface area contributed by atoms with Gasteiger partial charge in [0.1, 0.15) is 0 Å². The first-order chi connectivity index (χ1) is 14.3. The van der Waals surface area contributed by atoms with Crippen LogP contribution in [0.3, 0.4) is 0 Å². The third-order valence-corrected chi connectivity index (χ3v) is 7.79. The first kappa shape index (κ1) is 20.9. The number of thioether (sulfide) groups is 1. The number of nitrogens with one attached hydrogen (secondary N) is 1. The Labute approximate surface area is 182 Å². The van der Waals surface area contributed by atoms with E-state index in [2.05, 4.69) is 10.3 Å². The predicted octanol–water partition coefficient (Wildman–Crippen LogP) is 2.43. The maximum Gasteiger partial charge on any atom is 0.266 e. The number of aromatic nitrogens is 2. The van der Waals surface area contributed by atoms with Crippen LogP contribution in [-0.2, 0) is 14.6 Å². The molecule has 0 bridgehead atoms. The zero-order valence-electron chi connectivity index (χ0n) is 15.7. The normalized spacial score (nSPS) is 17.8. The highest BCUT2D eigenvalue weighted by Gasteiger charge is 2.29. The number of fused-ring (bicyclic) bond motifs is 1. The van der Waals surface area contributed by atoms with Gasteiger partial charge in [0, 0.05) is 6.04 Å². The predicted molar refractivity (Wildman–Crippen MR) is 118 cm³/mol. The van der Waals surface area contributed by atoms with Crippen LogP contribution in [0.4, 0.5) is 0 Å². The number of benzene rings is 2. The van der Waals surface area contributed by atoms with Crippen LogP contribution in [0.25, 0.3) is 16.6 Å². The highest BCUT2D eigenvalue weighted by molar-refractivity contribution is 7.99. The summed E-state index contributed by atoms with van der Waals surface area (Å²) >= 11 is 7.43. The molecule has 1 fully saturated rings. The molecular formula is C20H18ClN3O4S2. The van der Waals surface area contributed by atoms with Crippen molar-refractivity contribution in [2.24, 2.45) is 0 Å². The lowest BCUT2D eigenvalue weighted by Crippen LogP contribution is -2.36. The standard InChI is InChI=1S/C20H18ClN3O4S2/c21-15-6-2-4-8-17(15)24-19(26)14-5-1-3-7-16(14)23-20(24)29-11-18(25)22-13-9-10-30(27,28)12-13/h1-8,13H,9-12H2,(H,22,25)/t13-/m1/s1. The van der Waals surface area contributed by atoms with Crippen molar-refractivity contribution < 1.29 is 13.2 Å². The van der Waals surface area contributed by atoms with Crippen LogP contribution in [0.1, 0.15) is 6.42 Å². The van der Waals surface area contributed by atoms with Gasteiger partial charge in [-0.2, -0.15) is 0 Å². The fraction of sp³-hybridized carbons (Fsp3) is 0.250. The highest BCUT2D eigenvalue weighted by Crippen LogP contribution is 2.25. The molecule has 0 saturated carbocycles. The fourth-order valence-electron chi connectivity index (χ4n) is 3.36. The van der Waals surface area contributed by atoms with Gasteiger partial charge in [0.05, 0.1) is 38.9 Å². The van der Waals surface area contributed by atoms with Crippen LogP contribution in [0.15, 0.2) is 58.5 Å². The van der Waals surface area contributed by atoms with E-state index in [0.717, 1.165) is 11.8 Å². The van der Waals surface area contributed by atoms with Gasteiger partial charge in [-0.25, -0.2) is 13.4 Å². The van der Waals surface area contributed by atoms with E-state index in [1.165, 1.54) is 4.57 Å². The van der Waals surface area contributed by atoms with Crippen molar-refractivity contribution in [1.82, 2.24) is 14.9 Å². The van der Waals surface area contributed by atoms with Crippen molar-refractivity contribution >= 4 is 50.0 Å². The highest BCUT2D eigenvalue weighted by atomic mass is 35.5. The Morgan fingerprint density at radius 1 is 1.20 bits per heavy atom. The summed E-state index contributed by atoms with van der Waals surface area (Å²) in [5.74, 6) is -0.271. The lowest BCUT2D eigenvalue weighted by molar-refractivity contribution is -0.119. The van der Waals surface area contributed by atoms with E-state index < -0.39 is 9.84 Å². The molecule has 3 aromatic rings. The number of amides is 1.